The molecule has 1 heterocycles. The molecule has 3 heteroatoms. The number of hydrogen-bond donors (Lipinski definition) is 1. The lowest BCUT2D eigenvalue weighted by atomic mass is 9.91. The molecule has 1 fully saturated rings. The Labute approximate surface area is 113 Å². The van der Waals surface area contributed by atoms with Crippen molar-refractivity contribution in [1.82, 2.24) is 5.32 Å². The molecule has 1 aliphatic rings. The van der Waals surface area contributed by atoms with E-state index in [0.29, 0.717) is 5.41 Å². The minimum Gasteiger partial charge on any atom is -0.371 e. The van der Waals surface area contributed by atoms with Gasteiger partial charge in [0.25, 0.3) is 0 Å². The summed E-state index contributed by atoms with van der Waals surface area (Å²) in [5.41, 5.74) is 1.66. The molecule has 0 amide bonds. The Morgan fingerprint density at radius 3 is 2.65 bits per heavy atom. The van der Waals surface area contributed by atoms with Gasteiger partial charge in [-0.2, -0.15) is 0 Å². The Bertz CT molecular complexity index is 359. The van der Waals surface area contributed by atoms with Crippen LogP contribution in [0.2, 0.25) is 0 Å². The highest BCUT2D eigenvalue weighted by Gasteiger charge is 2.23. The summed E-state index contributed by atoms with van der Waals surface area (Å²) < 4.78 is 1.15. The van der Waals surface area contributed by atoms with Crippen LogP contribution in [0.4, 0.5) is 5.69 Å². The second-order valence-electron chi connectivity index (χ2n) is 5.59. The van der Waals surface area contributed by atoms with Gasteiger partial charge in [0.2, 0.25) is 0 Å². The Morgan fingerprint density at radius 1 is 1.24 bits per heavy atom. The fourth-order valence-electron chi connectivity index (χ4n) is 2.35. The predicted molar refractivity (Wildman–Crippen MR) is 77.6 cm³/mol. The fourth-order valence-corrected chi connectivity index (χ4v) is 2.61. The van der Waals surface area contributed by atoms with Gasteiger partial charge in [-0.05, 0) is 42.6 Å². The van der Waals surface area contributed by atoms with Gasteiger partial charge in [-0.1, -0.05) is 29.8 Å². The zero-order valence-corrected chi connectivity index (χ0v) is 12.3. The molecule has 94 valence electrons. The highest BCUT2D eigenvalue weighted by atomic mass is 79.9. The van der Waals surface area contributed by atoms with E-state index < -0.39 is 0 Å². The van der Waals surface area contributed by atoms with E-state index in [0.717, 1.165) is 30.7 Å². The summed E-state index contributed by atoms with van der Waals surface area (Å²) in [5.74, 6) is 0. The van der Waals surface area contributed by atoms with Crippen molar-refractivity contribution in [3.8, 4) is 0 Å². The van der Waals surface area contributed by atoms with E-state index >= 15 is 0 Å². The lowest BCUT2D eigenvalue weighted by molar-refractivity contribution is 0.325. The lowest BCUT2D eigenvalue weighted by Crippen LogP contribution is -2.44. The van der Waals surface area contributed by atoms with E-state index in [1.807, 2.05) is 0 Å². The molecule has 0 bridgehead atoms. The fraction of sp³-hybridized carbons (Fsp3) is 0.571. The maximum atomic E-state index is 3.52. The molecule has 0 atom stereocenters. The van der Waals surface area contributed by atoms with Gasteiger partial charge in [-0.25, -0.2) is 0 Å². The average Bonchev–Trinajstić information content (AvgIpc) is 2.25. The summed E-state index contributed by atoms with van der Waals surface area (Å²) in [6.45, 7) is 9.13. The van der Waals surface area contributed by atoms with Gasteiger partial charge < -0.3 is 10.2 Å². The second-order valence-corrected chi connectivity index (χ2v) is 6.51. The molecule has 0 saturated carbocycles. The van der Waals surface area contributed by atoms with E-state index in [1.54, 1.807) is 0 Å². The van der Waals surface area contributed by atoms with Crippen molar-refractivity contribution in [3.05, 3.63) is 28.7 Å². The van der Waals surface area contributed by atoms with Gasteiger partial charge in [0.1, 0.15) is 0 Å². The van der Waals surface area contributed by atoms with E-state index in [1.165, 1.54) is 12.1 Å². The van der Waals surface area contributed by atoms with Gasteiger partial charge in [0.15, 0.2) is 0 Å². The van der Waals surface area contributed by atoms with Crippen LogP contribution in [0, 0.1) is 5.41 Å². The summed E-state index contributed by atoms with van der Waals surface area (Å²) in [6, 6.07) is 8.66. The van der Waals surface area contributed by atoms with E-state index in [9.17, 15) is 0 Å². The van der Waals surface area contributed by atoms with Crippen LogP contribution in [-0.4, -0.2) is 26.2 Å². The highest BCUT2D eigenvalue weighted by molar-refractivity contribution is 9.10. The van der Waals surface area contributed by atoms with Crippen LogP contribution in [0.5, 0.6) is 0 Å². The molecular weight excluding hydrogens is 276 g/mol. The van der Waals surface area contributed by atoms with Gasteiger partial charge in [0, 0.05) is 29.8 Å². The van der Waals surface area contributed by atoms with Gasteiger partial charge >= 0.3 is 0 Å². The first-order valence-corrected chi connectivity index (χ1v) is 7.07. The summed E-state index contributed by atoms with van der Waals surface area (Å²) in [6.07, 6.45) is 1.21. The number of halogens is 1. The summed E-state index contributed by atoms with van der Waals surface area (Å²) in [7, 11) is 0. The number of rotatable bonds is 1. The van der Waals surface area contributed by atoms with Crippen LogP contribution in [0.25, 0.3) is 0 Å². The third kappa shape index (κ3) is 3.71. The second kappa shape index (κ2) is 5.40. The van der Waals surface area contributed by atoms with E-state index in [2.05, 4.69) is 64.3 Å². The molecular formula is C14H21BrN2. The van der Waals surface area contributed by atoms with Crippen LogP contribution < -0.4 is 10.2 Å². The standard InChI is InChI=1S/C14H21BrN2/c1-14(2)10-16-8-3-9-17(11-14)13-6-4-12(15)5-7-13/h4-7,16H,3,8-11H2,1-2H3. The van der Waals surface area contributed by atoms with Crippen LogP contribution in [0.15, 0.2) is 28.7 Å². The highest BCUT2D eigenvalue weighted by Crippen LogP contribution is 2.24. The number of nitrogens with one attached hydrogen (secondary N) is 1. The molecule has 0 unspecified atom stereocenters. The predicted octanol–water partition coefficient (Wildman–Crippen LogP) is 3.28. The summed E-state index contributed by atoms with van der Waals surface area (Å²) in [5, 5.41) is 3.52. The van der Waals surface area contributed by atoms with Crippen molar-refractivity contribution >= 4 is 21.6 Å². The van der Waals surface area contributed by atoms with Crippen molar-refractivity contribution in [2.45, 2.75) is 20.3 Å². The molecule has 1 aliphatic heterocycles. The van der Waals surface area contributed by atoms with Crippen LogP contribution in [0.1, 0.15) is 20.3 Å². The Morgan fingerprint density at radius 2 is 1.94 bits per heavy atom. The van der Waals surface area contributed by atoms with Gasteiger partial charge in [0.05, 0.1) is 0 Å². The first-order valence-electron chi connectivity index (χ1n) is 6.28. The molecule has 1 N–H and O–H groups in total. The normalized spacial score (nSPS) is 20.8. The SMILES string of the molecule is CC1(C)CNCCCN(c2ccc(Br)cc2)C1. The third-order valence-corrected chi connectivity index (χ3v) is 3.72. The maximum Gasteiger partial charge on any atom is 0.0367 e. The van der Waals surface area contributed by atoms with Gasteiger partial charge in [-0.15, -0.1) is 0 Å². The molecule has 0 spiro atoms. The molecule has 0 aliphatic carbocycles. The molecule has 1 aromatic rings. The summed E-state index contributed by atoms with van der Waals surface area (Å²) >= 11 is 3.49. The summed E-state index contributed by atoms with van der Waals surface area (Å²) in [4.78, 5) is 2.51. The first-order chi connectivity index (χ1) is 8.07. The molecule has 2 rings (SSSR count). The maximum absolute atomic E-state index is 3.52. The first kappa shape index (κ1) is 12.9. The molecule has 0 radical (unpaired) electrons. The number of nitrogens with zero attached hydrogens (tertiary/aromatic N) is 1. The van der Waals surface area contributed by atoms with Crippen LogP contribution in [-0.2, 0) is 0 Å². The monoisotopic (exact) mass is 296 g/mol. The molecule has 17 heavy (non-hydrogen) atoms. The number of anilines is 1. The number of hydrogen-bond acceptors (Lipinski definition) is 2. The van der Waals surface area contributed by atoms with Crippen LogP contribution in [0.3, 0.4) is 0 Å². The Kier molecular flexibility index (Phi) is 4.10. The Hall–Kier alpha value is -0.540. The minimum atomic E-state index is 0.327. The average molecular weight is 297 g/mol. The molecule has 2 nitrogen and oxygen atoms in total. The topological polar surface area (TPSA) is 15.3 Å². The van der Waals surface area contributed by atoms with Crippen molar-refractivity contribution in [1.29, 1.82) is 0 Å². The minimum absolute atomic E-state index is 0.327. The third-order valence-electron chi connectivity index (χ3n) is 3.20. The largest absolute Gasteiger partial charge is 0.371 e. The van der Waals surface area contributed by atoms with E-state index in [4.69, 9.17) is 0 Å². The number of benzene rings is 1. The zero-order valence-electron chi connectivity index (χ0n) is 10.7. The van der Waals surface area contributed by atoms with Crippen LogP contribution >= 0.6 is 15.9 Å². The quantitative estimate of drug-likeness (QED) is 0.856. The van der Waals surface area contributed by atoms with Crippen molar-refractivity contribution < 1.29 is 0 Å². The van der Waals surface area contributed by atoms with Crippen molar-refractivity contribution in [3.63, 3.8) is 0 Å². The zero-order chi connectivity index (χ0) is 12.3. The molecule has 1 aromatic carbocycles. The smallest absolute Gasteiger partial charge is 0.0367 e. The Balaban J connectivity index is 2.14. The van der Waals surface area contributed by atoms with Gasteiger partial charge in [-0.3, -0.25) is 0 Å². The van der Waals surface area contributed by atoms with E-state index in [-0.39, 0.29) is 0 Å². The molecule has 1 saturated heterocycles. The van der Waals surface area contributed by atoms with Crippen molar-refractivity contribution in [2.24, 2.45) is 5.41 Å². The van der Waals surface area contributed by atoms with Crippen molar-refractivity contribution in [2.75, 3.05) is 31.1 Å². The molecule has 0 aromatic heterocycles. The lowest BCUT2D eigenvalue weighted by Gasteiger charge is -2.36.